The first-order valence-electron chi connectivity index (χ1n) is 7.64. The Morgan fingerprint density at radius 1 is 1.12 bits per heavy atom. The lowest BCUT2D eigenvalue weighted by Crippen LogP contribution is -2.42. The summed E-state index contributed by atoms with van der Waals surface area (Å²) in [6, 6.07) is 10.8. The van der Waals surface area contributed by atoms with E-state index >= 15 is 0 Å². The fourth-order valence-corrected chi connectivity index (χ4v) is 2.77. The quantitative estimate of drug-likeness (QED) is 0.936. The van der Waals surface area contributed by atoms with Gasteiger partial charge in [0.15, 0.2) is 0 Å². The first-order valence-corrected chi connectivity index (χ1v) is 7.64. The Balaban J connectivity index is 1.61. The first-order chi connectivity index (χ1) is 11.5. The van der Waals surface area contributed by atoms with E-state index in [1.807, 2.05) is 0 Å². The summed E-state index contributed by atoms with van der Waals surface area (Å²) in [5.41, 5.74) is 1.15. The molecule has 0 bridgehead atoms. The molecule has 24 heavy (non-hydrogen) atoms. The van der Waals surface area contributed by atoms with Crippen LogP contribution < -0.4 is 10.2 Å². The molecule has 1 aliphatic heterocycles. The second kappa shape index (κ2) is 6.78. The van der Waals surface area contributed by atoms with Gasteiger partial charge in [0.05, 0.1) is 6.42 Å². The van der Waals surface area contributed by atoms with E-state index in [9.17, 15) is 18.4 Å². The molecule has 6 heteroatoms. The smallest absolute Gasteiger partial charge is 0.249 e. The Hall–Kier alpha value is -2.76. The van der Waals surface area contributed by atoms with Crippen molar-refractivity contribution in [1.29, 1.82) is 0 Å². The van der Waals surface area contributed by atoms with E-state index in [0.717, 1.165) is 0 Å². The topological polar surface area (TPSA) is 49.4 Å². The molecule has 124 valence electrons. The Morgan fingerprint density at radius 2 is 1.88 bits per heavy atom. The molecule has 1 atom stereocenters. The highest BCUT2D eigenvalue weighted by atomic mass is 19.1. The standard InChI is InChI=1S/C18H16F2N2O2/c19-13-4-6-15(7-5-13)22-9-8-16(18(22)24)21-17(23)11-12-2-1-3-14(20)10-12/h1-7,10,16H,8-9,11H2,(H,21,23)/t16-/m0/s1. The summed E-state index contributed by atoms with van der Waals surface area (Å²) < 4.78 is 26.1. The van der Waals surface area contributed by atoms with Crippen molar-refractivity contribution in [2.75, 3.05) is 11.4 Å². The number of carbonyl (C=O) groups is 2. The molecule has 1 saturated heterocycles. The van der Waals surface area contributed by atoms with Gasteiger partial charge in [0.2, 0.25) is 11.8 Å². The lowest BCUT2D eigenvalue weighted by Gasteiger charge is -2.17. The van der Waals surface area contributed by atoms with Crippen LogP contribution in [0.4, 0.5) is 14.5 Å². The van der Waals surface area contributed by atoms with Crippen molar-refractivity contribution in [3.8, 4) is 0 Å². The van der Waals surface area contributed by atoms with Gasteiger partial charge in [0, 0.05) is 12.2 Å². The van der Waals surface area contributed by atoms with E-state index in [1.165, 1.54) is 47.4 Å². The summed E-state index contributed by atoms with van der Waals surface area (Å²) >= 11 is 0. The minimum atomic E-state index is -0.615. The van der Waals surface area contributed by atoms with Gasteiger partial charge in [-0.1, -0.05) is 12.1 Å². The third-order valence-electron chi connectivity index (χ3n) is 3.93. The van der Waals surface area contributed by atoms with Crippen LogP contribution in [0.2, 0.25) is 0 Å². The van der Waals surface area contributed by atoms with Crippen molar-refractivity contribution in [2.24, 2.45) is 0 Å². The molecule has 2 amide bonds. The summed E-state index contributed by atoms with van der Waals surface area (Å²) in [5, 5.41) is 2.68. The number of nitrogens with one attached hydrogen (secondary N) is 1. The van der Waals surface area contributed by atoms with E-state index in [-0.39, 0.29) is 24.1 Å². The second-order valence-corrected chi connectivity index (χ2v) is 5.68. The molecule has 0 aliphatic carbocycles. The normalized spacial score (nSPS) is 17.2. The van der Waals surface area contributed by atoms with Gasteiger partial charge in [-0.25, -0.2) is 8.78 Å². The number of anilines is 1. The van der Waals surface area contributed by atoms with E-state index < -0.39 is 11.9 Å². The predicted octanol–water partition coefficient (Wildman–Crippen LogP) is 2.43. The number of rotatable bonds is 4. The molecule has 1 N–H and O–H groups in total. The number of carbonyl (C=O) groups excluding carboxylic acids is 2. The Kier molecular flexibility index (Phi) is 4.55. The van der Waals surface area contributed by atoms with Crippen LogP contribution in [-0.4, -0.2) is 24.4 Å². The van der Waals surface area contributed by atoms with Crippen molar-refractivity contribution in [3.05, 3.63) is 65.7 Å². The summed E-state index contributed by atoms with van der Waals surface area (Å²) in [6.07, 6.45) is 0.489. The van der Waals surface area contributed by atoms with Gasteiger partial charge in [-0.2, -0.15) is 0 Å². The fraction of sp³-hybridized carbons (Fsp3) is 0.222. The van der Waals surface area contributed by atoms with E-state index in [2.05, 4.69) is 5.32 Å². The molecule has 1 fully saturated rings. The van der Waals surface area contributed by atoms with Crippen molar-refractivity contribution in [2.45, 2.75) is 18.9 Å². The number of amides is 2. The lowest BCUT2D eigenvalue weighted by molar-refractivity contribution is -0.126. The van der Waals surface area contributed by atoms with Gasteiger partial charge in [-0.3, -0.25) is 9.59 Å². The third kappa shape index (κ3) is 3.59. The molecule has 0 radical (unpaired) electrons. The minimum absolute atomic E-state index is 0.0120. The molecule has 0 saturated carbocycles. The van der Waals surface area contributed by atoms with Crippen LogP contribution in [0.15, 0.2) is 48.5 Å². The van der Waals surface area contributed by atoms with Crippen molar-refractivity contribution < 1.29 is 18.4 Å². The zero-order valence-electron chi connectivity index (χ0n) is 12.8. The maximum absolute atomic E-state index is 13.1. The molecule has 1 heterocycles. The van der Waals surface area contributed by atoms with Crippen molar-refractivity contribution in [3.63, 3.8) is 0 Å². The number of hydrogen-bond donors (Lipinski definition) is 1. The van der Waals surface area contributed by atoms with Crippen LogP contribution in [0.3, 0.4) is 0 Å². The van der Waals surface area contributed by atoms with Crippen LogP contribution >= 0.6 is 0 Å². The van der Waals surface area contributed by atoms with Crippen LogP contribution in [-0.2, 0) is 16.0 Å². The number of halogens is 2. The minimum Gasteiger partial charge on any atom is -0.344 e. The second-order valence-electron chi connectivity index (χ2n) is 5.68. The Morgan fingerprint density at radius 3 is 2.58 bits per heavy atom. The Bertz CT molecular complexity index is 762. The molecular weight excluding hydrogens is 314 g/mol. The first kappa shape index (κ1) is 16.1. The summed E-state index contributed by atoms with van der Waals surface area (Å²) in [5.74, 6) is -1.33. The zero-order valence-corrected chi connectivity index (χ0v) is 12.8. The molecule has 3 rings (SSSR count). The average Bonchev–Trinajstić information content (AvgIpc) is 2.89. The fourth-order valence-electron chi connectivity index (χ4n) is 2.77. The third-order valence-corrected chi connectivity index (χ3v) is 3.93. The van der Waals surface area contributed by atoms with Gasteiger partial charge in [-0.05, 0) is 48.4 Å². The monoisotopic (exact) mass is 330 g/mol. The molecule has 2 aromatic carbocycles. The van der Waals surface area contributed by atoms with E-state index in [1.54, 1.807) is 6.07 Å². The molecular formula is C18H16F2N2O2. The van der Waals surface area contributed by atoms with Crippen LogP contribution in [0.5, 0.6) is 0 Å². The summed E-state index contributed by atoms with van der Waals surface area (Å²) in [4.78, 5) is 26.0. The highest BCUT2D eigenvalue weighted by Gasteiger charge is 2.33. The number of benzene rings is 2. The summed E-state index contributed by atoms with van der Waals surface area (Å²) in [6.45, 7) is 0.454. The van der Waals surface area contributed by atoms with Crippen LogP contribution in [0.1, 0.15) is 12.0 Å². The van der Waals surface area contributed by atoms with Crippen molar-refractivity contribution >= 4 is 17.5 Å². The highest BCUT2D eigenvalue weighted by molar-refractivity contribution is 6.01. The maximum Gasteiger partial charge on any atom is 0.249 e. The molecule has 2 aromatic rings. The van der Waals surface area contributed by atoms with Crippen molar-refractivity contribution in [1.82, 2.24) is 5.32 Å². The highest BCUT2D eigenvalue weighted by Crippen LogP contribution is 2.22. The van der Waals surface area contributed by atoms with Crippen LogP contribution in [0, 0.1) is 11.6 Å². The maximum atomic E-state index is 13.1. The number of nitrogens with zero attached hydrogens (tertiary/aromatic N) is 1. The van der Waals surface area contributed by atoms with Gasteiger partial charge in [0.1, 0.15) is 17.7 Å². The largest absolute Gasteiger partial charge is 0.344 e. The number of hydrogen-bond acceptors (Lipinski definition) is 2. The average molecular weight is 330 g/mol. The van der Waals surface area contributed by atoms with Gasteiger partial charge < -0.3 is 10.2 Å². The van der Waals surface area contributed by atoms with Gasteiger partial charge in [0.25, 0.3) is 0 Å². The zero-order chi connectivity index (χ0) is 17.1. The molecule has 4 nitrogen and oxygen atoms in total. The van der Waals surface area contributed by atoms with Crippen LogP contribution in [0.25, 0.3) is 0 Å². The molecule has 1 aliphatic rings. The van der Waals surface area contributed by atoms with E-state index in [0.29, 0.717) is 24.2 Å². The molecule has 0 unspecified atom stereocenters. The summed E-state index contributed by atoms with van der Waals surface area (Å²) in [7, 11) is 0. The van der Waals surface area contributed by atoms with Gasteiger partial charge >= 0.3 is 0 Å². The molecule has 0 spiro atoms. The Labute approximate surface area is 138 Å². The predicted molar refractivity (Wildman–Crippen MR) is 85.4 cm³/mol. The van der Waals surface area contributed by atoms with Gasteiger partial charge in [-0.15, -0.1) is 0 Å². The SMILES string of the molecule is O=C(Cc1cccc(F)c1)N[C@H]1CCN(c2ccc(F)cc2)C1=O. The lowest BCUT2D eigenvalue weighted by atomic mass is 10.1. The molecule has 0 aromatic heterocycles. The van der Waals surface area contributed by atoms with E-state index in [4.69, 9.17) is 0 Å².